The van der Waals surface area contributed by atoms with E-state index in [4.69, 9.17) is 15.9 Å². The molecule has 0 bridgehead atoms. The topological polar surface area (TPSA) is 59.1 Å². The third-order valence-electron chi connectivity index (χ3n) is 3.06. The number of nitrogens with one attached hydrogen (secondary N) is 1. The third kappa shape index (κ3) is 3.02. The average Bonchev–Trinajstić information content (AvgIpc) is 2.37. The van der Waals surface area contributed by atoms with Crippen LogP contribution < -0.4 is 10.5 Å². The Morgan fingerprint density at radius 1 is 1.10 bits per heavy atom. The fourth-order valence-corrected chi connectivity index (χ4v) is 2.26. The van der Waals surface area contributed by atoms with Crippen molar-refractivity contribution in [1.29, 1.82) is 5.41 Å². The fraction of sp³-hybridized carbons (Fsp3) is 0.188. The van der Waals surface area contributed by atoms with Gasteiger partial charge in [-0.2, -0.15) is 0 Å². The molecule has 0 aliphatic carbocycles. The summed E-state index contributed by atoms with van der Waals surface area (Å²) in [5, 5.41) is 7.65. The van der Waals surface area contributed by atoms with Crippen molar-refractivity contribution >= 4 is 21.8 Å². The molecule has 4 heteroatoms. The maximum atomic E-state index is 7.65. The van der Waals surface area contributed by atoms with E-state index < -0.39 is 0 Å². The summed E-state index contributed by atoms with van der Waals surface area (Å²) in [6.07, 6.45) is 0. The molecule has 0 heterocycles. The highest BCUT2D eigenvalue weighted by Gasteiger charge is 2.10. The van der Waals surface area contributed by atoms with E-state index in [2.05, 4.69) is 15.9 Å². The standard InChI is InChI=1S/C16H17BrN2O/c1-9-4-5-14(13(6-9)16(18)19)20-12-7-10(2)15(17)11(3)8-12/h4-8H,1-3H3,(H3,18,19). The van der Waals surface area contributed by atoms with Gasteiger partial charge in [-0.05, 0) is 56.2 Å². The van der Waals surface area contributed by atoms with E-state index in [1.807, 2.05) is 51.1 Å². The van der Waals surface area contributed by atoms with Gasteiger partial charge in [0.05, 0.1) is 5.56 Å². The fourth-order valence-electron chi connectivity index (χ4n) is 2.04. The zero-order valence-electron chi connectivity index (χ0n) is 11.8. The van der Waals surface area contributed by atoms with Crippen LogP contribution in [0.3, 0.4) is 0 Å². The first-order chi connectivity index (χ1) is 9.38. The Bertz CT molecular complexity index is 657. The quantitative estimate of drug-likeness (QED) is 0.644. The van der Waals surface area contributed by atoms with Crippen molar-refractivity contribution in [2.45, 2.75) is 20.8 Å². The zero-order valence-corrected chi connectivity index (χ0v) is 13.3. The van der Waals surface area contributed by atoms with Crippen molar-refractivity contribution in [3.63, 3.8) is 0 Å². The molecule has 104 valence electrons. The number of hydrogen-bond acceptors (Lipinski definition) is 2. The molecule has 20 heavy (non-hydrogen) atoms. The molecule has 2 aromatic rings. The minimum absolute atomic E-state index is 0.00857. The van der Waals surface area contributed by atoms with Gasteiger partial charge in [0.25, 0.3) is 0 Å². The number of nitrogens with two attached hydrogens (primary N) is 1. The molecule has 0 aliphatic heterocycles. The van der Waals surface area contributed by atoms with Gasteiger partial charge in [-0.3, -0.25) is 5.41 Å². The summed E-state index contributed by atoms with van der Waals surface area (Å²) in [7, 11) is 0. The number of ether oxygens (including phenoxy) is 1. The van der Waals surface area contributed by atoms with E-state index in [0.717, 1.165) is 26.9 Å². The normalized spacial score (nSPS) is 10.4. The highest BCUT2D eigenvalue weighted by atomic mass is 79.9. The molecule has 0 saturated heterocycles. The van der Waals surface area contributed by atoms with Crippen molar-refractivity contribution in [3.8, 4) is 11.5 Å². The van der Waals surface area contributed by atoms with Crippen LogP contribution in [0.15, 0.2) is 34.8 Å². The molecule has 0 saturated carbocycles. The van der Waals surface area contributed by atoms with Crippen LogP contribution in [0.25, 0.3) is 0 Å². The number of benzene rings is 2. The van der Waals surface area contributed by atoms with Gasteiger partial charge in [-0.1, -0.05) is 27.6 Å². The number of rotatable bonds is 3. The van der Waals surface area contributed by atoms with Crippen LogP contribution in [0.4, 0.5) is 0 Å². The maximum absolute atomic E-state index is 7.65. The Morgan fingerprint density at radius 2 is 1.70 bits per heavy atom. The van der Waals surface area contributed by atoms with Gasteiger partial charge in [-0.15, -0.1) is 0 Å². The molecule has 0 radical (unpaired) electrons. The summed E-state index contributed by atoms with van der Waals surface area (Å²) in [6.45, 7) is 6.00. The Labute approximate surface area is 127 Å². The molecule has 2 aromatic carbocycles. The molecular formula is C16H17BrN2O. The predicted octanol–water partition coefficient (Wildman–Crippen LogP) is 4.45. The van der Waals surface area contributed by atoms with Crippen LogP contribution in [0.2, 0.25) is 0 Å². The van der Waals surface area contributed by atoms with Crippen LogP contribution in [0.5, 0.6) is 11.5 Å². The lowest BCUT2D eigenvalue weighted by Crippen LogP contribution is -2.12. The van der Waals surface area contributed by atoms with Crippen LogP contribution in [0.1, 0.15) is 22.3 Å². The monoisotopic (exact) mass is 332 g/mol. The molecule has 0 amide bonds. The lowest BCUT2D eigenvalue weighted by atomic mass is 10.1. The number of aryl methyl sites for hydroxylation is 3. The van der Waals surface area contributed by atoms with Crippen LogP contribution in [-0.2, 0) is 0 Å². The SMILES string of the molecule is Cc1ccc(Oc2cc(C)c(Br)c(C)c2)c(C(=N)N)c1. The van der Waals surface area contributed by atoms with E-state index in [1.165, 1.54) is 0 Å². The number of halogens is 1. The molecule has 3 N–H and O–H groups in total. The van der Waals surface area contributed by atoms with E-state index in [1.54, 1.807) is 0 Å². The molecule has 2 rings (SSSR count). The summed E-state index contributed by atoms with van der Waals surface area (Å²) < 4.78 is 6.98. The summed E-state index contributed by atoms with van der Waals surface area (Å²) in [5.41, 5.74) is 9.49. The number of nitrogen functional groups attached to an aromatic ring is 1. The van der Waals surface area contributed by atoms with E-state index in [0.29, 0.717) is 11.3 Å². The molecule has 0 aromatic heterocycles. The highest BCUT2D eigenvalue weighted by Crippen LogP contribution is 2.31. The van der Waals surface area contributed by atoms with Crippen LogP contribution >= 0.6 is 15.9 Å². The summed E-state index contributed by atoms with van der Waals surface area (Å²) in [4.78, 5) is 0. The molecular weight excluding hydrogens is 316 g/mol. The first-order valence-corrected chi connectivity index (χ1v) is 7.07. The minimum Gasteiger partial charge on any atom is -0.457 e. The van der Waals surface area contributed by atoms with Crippen LogP contribution in [0, 0.1) is 26.2 Å². The largest absolute Gasteiger partial charge is 0.457 e. The van der Waals surface area contributed by atoms with Gasteiger partial charge in [0, 0.05) is 4.47 Å². The number of hydrogen-bond donors (Lipinski definition) is 2. The molecule has 3 nitrogen and oxygen atoms in total. The maximum Gasteiger partial charge on any atom is 0.138 e. The van der Waals surface area contributed by atoms with Gasteiger partial charge in [0.1, 0.15) is 17.3 Å². The van der Waals surface area contributed by atoms with Crippen molar-refractivity contribution < 1.29 is 4.74 Å². The first kappa shape index (κ1) is 14.6. The zero-order chi connectivity index (χ0) is 14.9. The van der Waals surface area contributed by atoms with Crippen molar-refractivity contribution in [1.82, 2.24) is 0 Å². The second kappa shape index (κ2) is 5.67. The van der Waals surface area contributed by atoms with Gasteiger partial charge in [-0.25, -0.2) is 0 Å². The van der Waals surface area contributed by atoms with Gasteiger partial charge >= 0.3 is 0 Å². The predicted molar refractivity (Wildman–Crippen MR) is 85.9 cm³/mol. The molecule has 0 atom stereocenters. The lowest BCUT2D eigenvalue weighted by Gasteiger charge is -2.13. The average molecular weight is 333 g/mol. The van der Waals surface area contributed by atoms with E-state index in [9.17, 15) is 0 Å². The van der Waals surface area contributed by atoms with Crippen molar-refractivity contribution in [3.05, 3.63) is 57.1 Å². The Balaban J connectivity index is 2.42. The molecule has 0 aliphatic rings. The minimum atomic E-state index is 0.00857. The third-order valence-corrected chi connectivity index (χ3v) is 4.31. The van der Waals surface area contributed by atoms with Crippen LogP contribution in [-0.4, -0.2) is 5.84 Å². The van der Waals surface area contributed by atoms with Gasteiger partial charge in [0.2, 0.25) is 0 Å². The summed E-state index contributed by atoms with van der Waals surface area (Å²) in [6, 6.07) is 9.57. The highest BCUT2D eigenvalue weighted by molar-refractivity contribution is 9.10. The molecule has 0 fully saturated rings. The first-order valence-electron chi connectivity index (χ1n) is 6.28. The smallest absolute Gasteiger partial charge is 0.138 e. The van der Waals surface area contributed by atoms with Crippen molar-refractivity contribution in [2.75, 3.05) is 0 Å². The van der Waals surface area contributed by atoms with Gasteiger partial charge in [0.15, 0.2) is 0 Å². The summed E-state index contributed by atoms with van der Waals surface area (Å²) in [5.74, 6) is 1.35. The second-order valence-corrected chi connectivity index (χ2v) is 5.68. The van der Waals surface area contributed by atoms with E-state index >= 15 is 0 Å². The van der Waals surface area contributed by atoms with E-state index in [-0.39, 0.29) is 5.84 Å². The second-order valence-electron chi connectivity index (χ2n) is 4.89. The number of amidine groups is 1. The Hall–Kier alpha value is -1.81. The summed E-state index contributed by atoms with van der Waals surface area (Å²) >= 11 is 3.54. The molecule has 0 unspecified atom stereocenters. The molecule has 0 spiro atoms. The Kier molecular flexibility index (Phi) is 4.14. The Morgan fingerprint density at radius 3 is 2.25 bits per heavy atom. The lowest BCUT2D eigenvalue weighted by molar-refractivity contribution is 0.480. The van der Waals surface area contributed by atoms with Gasteiger partial charge < -0.3 is 10.5 Å². The van der Waals surface area contributed by atoms with Crippen molar-refractivity contribution in [2.24, 2.45) is 5.73 Å².